The zero-order valence-corrected chi connectivity index (χ0v) is 17.2. The summed E-state index contributed by atoms with van der Waals surface area (Å²) >= 11 is 6.01. The Hall–Kier alpha value is -3.83. The van der Waals surface area contributed by atoms with E-state index in [1.165, 1.54) is 0 Å². The van der Waals surface area contributed by atoms with Gasteiger partial charge >= 0.3 is 0 Å². The lowest BCUT2D eigenvalue weighted by atomic mass is 10.1. The lowest BCUT2D eigenvalue weighted by Crippen LogP contribution is -2.14. The van der Waals surface area contributed by atoms with Gasteiger partial charge in [0.05, 0.1) is 6.42 Å². The second-order valence-electron chi connectivity index (χ2n) is 6.92. The maximum Gasteiger partial charge on any atom is 0.291 e. The van der Waals surface area contributed by atoms with E-state index in [9.17, 15) is 9.59 Å². The van der Waals surface area contributed by atoms with Crippen molar-refractivity contribution in [2.45, 2.75) is 6.42 Å². The average molecular weight is 431 g/mol. The van der Waals surface area contributed by atoms with E-state index < -0.39 is 0 Å². The minimum atomic E-state index is -0.367. The summed E-state index contributed by atoms with van der Waals surface area (Å²) in [6.45, 7) is 0. The fraction of sp³-hybridized carbons (Fsp3) is 0.0400. The quantitative estimate of drug-likeness (QED) is 0.392. The van der Waals surface area contributed by atoms with Crippen LogP contribution in [-0.2, 0) is 11.2 Å². The summed E-state index contributed by atoms with van der Waals surface area (Å²) in [5.74, 6) is 0.278. The summed E-state index contributed by atoms with van der Waals surface area (Å²) in [5, 5.41) is 6.22. The molecular weight excluding hydrogens is 412 g/mol. The highest BCUT2D eigenvalue weighted by atomic mass is 35.5. The molecule has 0 saturated carbocycles. The first-order chi connectivity index (χ1) is 15.1. The van der Waals surface area contributed by atoms with Crippen molar-refractivity contribution in [1.82, 2.24) is 0 Å². The monoisotopic (exact) mass is 430 g/mol. The molecule has 0 unspecified atom stereocenters. The Bertz CT molecular complexity index is 1200. The van der Waals surface area contributed by atoms with Crippen molar-refractivity contribution in [2.75, 3.05) is 10.6 Å². The van der Waals surface area contributed by atoms with Gasteiger partial charge < -0.3 is 15.1 Å². The van der Waals surface area contributed by atoms with Crippen LogP contribution in [-0.4, -0.2) is 11.8 Å². The van der Waals surface area contributed by atoms with Gasteiger partial charge in [-0.05, 0) is 54.1 Å². The third kappa shape index (κ3) is 5.41. The van der Waals surface area contributed by atoms with Gasteiger partial charge in [0.2, 0.25) is 5.91 Å². The van der Waals surface area contributed by atoms with Gasteiger partial charge in [0.1, 0.15) is 5.76 Å². The molecule has 2 N–H and O–H groups in total. The maximum absolute atomic E-state index is 12.5. The molecule has 0 saturated heterocycles. The molecule has 0 fully saturated rings. The average Bonchev–Trinajstić information content (AvgIpc) is 3.26. The van der Waals surface area contributed by atoms with Crippen LogP contribution in [0.5, 0.6) is 0 Å². The molecular formula is C25H19ClN2O3. The van der Waals surface area contributed by atoms with Gasteiger partial charge in [-0.2, -0.15) is 0 Å². The second kappa shape index (κ2) is 9.32. The Morgan fingerprint density at radius 3 is 2.19 bits per heavy atom. The number of hydrogen-bond acceptors (Lipinski definition) is 3. The first-order valence-electron chi connectivity index (χ1n) is 9.68. The van der Waals surface area contributed by atoms with Crippen molar-refractivity contribution in [2.24, 2.45) is 0 Å². The van der Waals surface area contributed by atoms with Gasteiger partial charge in [0.15, 0.2) is 5.76 Å². The molecule has 0 atom stereocenters. The number of carbonyl (C=O) groups is 2. The highest BCUT2D eigenvalue weighted by Crippen LogP contribution is 2.25. The van der Waals surface area contributed by atoms with Crippen molar-refractivity contribution in [3.63, 3.8) is 0 Å². The lowest BCUT2D eigenvalue weighted by Gasteiger charge is -2.07. The number of rotatable bonds is 6. The van der Waals surface area contributed by atoms with Gasteiger partial charge in [-0.25, -0.2) is 0 Å². The minimum Gasteiger partial charge on any atom is -0.451 e. The van der Waals surface area contributed by atoms with E-state index in [0.29, 0.717) is 28.6 Å². The number of furan rings is 1. The zero-order valence-electron chi connectivity index (χ0n) is 16.5. The molecule has 0 spiro atoms. The van der Waals surface area contributed by atoms with Crippen LogP contribution in [0.1, 0.15) is 16.1 Å². The smallest absolute Gasteiger partial charge is 0.291 e. The zero-order chi connectivity index (χ0) is 21.6. The first-order valence-corrected chi connectivity index (χ1v) is 10.1. The third-order valence-corrected chi connectivity index (χ3v) is 4.81. The number of amides is 2. The van der Waals surface area contributed by atoms with E-state index in [1.54, 1.807) is 48.5 Å². The Balaban J connectivity index is 1.35. The molecule has 4 aromatic rings. The molecule has 154 valence electrons. The van der Waals surface area contributed by atoms with Gasteiger partial charge in [-0.15, -0.1) is 0 Å². The maximum atomic E-state index is 12.5. The summed E-state index contributed by atoms with van der Waals surface area (Å²) < 4.78 is 5.66. The lowest BCUT2D eigenvalue weighted by molar-refractivity contribution is -0.115. The van der Waals surface area contributed by atoms with Crippen LogP contribution < -0.4 is 10.6 Å². The summed E-state index contributed by atoms with van der Waals surface area (Å²) in [4.78, 5) is 24.7. The second-order valence-corrected chi connectivity index (χ2v) is 7.35. The number of anilines is 2. The summed E-state index contributed by atoms with van der Waals surface area (Å²) in [6.07, 6.45) is 0.298. The molecule has 3 aromatic carbocycles. The van der Waals surface area contributed by atoms with Gasteiger partial charge in [0.25, 0.3) is 5.91 Å². The fourth-order valence-corrected chi connectivity index (χ4v) is 3.26. The summed E-state index contributed by atoms with van der Waals surface area (Å²) in [6, 6.07) is 27.0. The van der Waals surface area contributed by atoms with Crippen LogP contribution in [0.2, 0.25) is 5.02 Å². The highest BCUT2D eigenvalue weighted by molar-refractivity contribution is 6.30. The van der Waals surface area contributed by atoms with Crippen molar-refractivity contribution in [3.8, 4) is 11.3 Å². The van der Waals surface area contributed by atoms with E-state index in [2.05, 4.69) is 10.6 Å². The predicted molar refractivity (Wildman–Crippen MR) is 122 cm³/mol. The minimum absolute atomic E-state index is 0.105. The SMILES string of the molecule is O=C(Cc1ccccc1)Nc1ccc(NC(=O)c2ccc(-c3cccc(Cl)c3)o2)cc1. The fourth-order valence-electron chi connectivity index (χ4n) is 3.07. The molecule has 5 nitrogen and oxygen atoms in total. The van der Waals surface area contributed by atoms with Crippen molar-refractivity contribution in [3.05, 3.63) is 107 Å². The Morgan fingerprint density at radius 1 is 0.774 bits per heavy atom. The third-order valence-electron chi connectivity index (χ3n) is 4.57. The van der Waals surface area contributed by atoms with Crippen LogP contribution in [0.15, 0.2) is 95.4 Å². The van der Waals surface area contributed by atoms with E-state index in [4.69, 9.17) is 16.0 Å². The van der Waals surface area contributed by atoms with Gasteiger partial charge in [-0.3, -0.25) is 9.59 Å². The molecule has 0 aliphatic rings. The van der Waals surface area contributed by atoms with Crippen LogP contribution in [0.3, 0.4) is 0 Å². The van der Waals surface area contributed by atoms with E-state index >= 15 is 0 Å². The molecule has 1 aromatic heterocycles. The van der Waals surface area contributed by atoms with Crippen LogP contribution in [0, 0.1) is 0 Å². The molecule has 0 radical (unpaired) electrons. The van der Waals surface area contributed by atoms with Crippen LogP contribution in [0.4, 0.5) is 11.4 Å². The Labute approximate surface area is 184 Å². The molecule has 6 heteroatoms. The first kappa shape index (κ1) is 20.4. The number of nitrogens with one attached hydrogen (secondary N) is 2. The normalized spacial score (nSPS) is 10.5. The molecule has 31 heavy (non-hydrogen) atoms. The largest absolute Gasteiger partial charge is 0.451 e. The van der Waals surface area contributed by atoms with Crippen molar-refractivity contribution >= 4 is 34.8 Å². The Kier molecular flexibility index (Phi) is 6.15. The molecule has 0 aliphatic carbocycles. The predicted octanol–water partition coefficient (Wildman–Crippen LogP) is 6.03. The topological polar surface area (TPSA) is 71.3 Å². The van der Waals surface area contributed by atoms with E-state index in [-0.39, 0.29) is 17.6 Å². The van der Waals surface area contributed by atoms with Crippen LogP contribution in [0.25, 0.3) is 11.3 Å². The van der Waals surface area contributed by atoms with E-state index in [0.717, 1.165) is 11.1 Å². The number of halogens is 1. The molecule has 1 heterocycles. The molecule has 0 bridgehead atoms. The highest BCUT2D eigenvalue weighted by Gasteiger charge is 2.13. The number of benzene rings is 3. The van der Waals surface area contributed by atoms with Crippen LogP contribution >= 0.6 is 11.6 Å². The van der Waals surface area contributed by atoms with Crippen molar-refractivity contribution in [1.29, 1.82) is 0 Å². The number of hydrogen-bond donors (Lipinski definition) is 2. The van der Waals surface area contributed by atoms with Gasteiger partial charge in [-0.1, -0.05) is 54.1 Å². The molecule has 2 amide bonds. The van der Waals surface area contributed by atoms with E-state index in [1.807, 2.05) is 42.5 Å². The molecule has 4 rings (SSSR count). The number of carbonyl (C=O) groups excluding carboxylic acids is 2. The molecule has 0 aliphatic heterocycles. The summed E-state index contributed by atoms with van der Waals surface area (Å²) in [5.41, 5.74) is 2.98. The van der Waals surface area contributed by atoms with Crippen molar-refractivity contribution < 1.29 is 14.0 Å². The summed E-state index contributed by atoms with van der Waals surface area (Å²) in [7, 11) is 0. The standard InChI is InChI=1S/C25H19ClN2O3/c26-19-8-4-7-18(16-19)22-13-14-23(31-22)25(30)28-21-11-9-20(10-12-21)27-24(29)15-17-5-2-1-3-6-17/h1-14,16H,15H2,(H,27,29)(H,28,30). The van der Waals surface area contributed by atoms with Gasteiger partial charge in [0, 0.05) is 22.0 Å². The Morgan fingerprint density at radius 2 is 1.48 bits per heavy atom.